The monoisotopic (exact) mass is 369 g/mol. The number of carbonyl (C=O) groups is 1. The molecule has 0 radical (unpaired) electrons. The van der Waals surface area contributed by atoms with E-state index < -0.39 is 17.2 Å². The van der Waals surface area contributed by atoms with Crippen LogP contribution >= 0.6 is 0 Å². The fraction of sp³-hybridized carbons (Fsp3) is 0.368. The van der Waals surface area contributed by atoms with Crippen molar-refractivity contribution in [3.8, 4) is 0 Å². The third-order valence-corrected chi connectivity index (χ3v) is 4.78. The Morgan fingerprint density at radius 2 is 1.93 bits per heavy atom. The number of rotatable bonds is 4. The van der Waals surface area contributed by atoms with Gasteiger partial charge in [-0.15, -0.1) is 0 Å². The molecule has 0 spiro atoms. The van der Waals surface area contributed by atoms with Crippen molar-refractivity contribution in [3.05, 3.63) is 62.1 Å². The molecule has 0 aliphatic carbocycles. The van der Waals surface area contributed by atoms with E-state index in [1.54, 1.807) is 11.6 Å². The Kier molecular flexibility index (Phi) is 4.73. The van der Waals surface area contributed by atoms with Crippen LogP contribution in [0.15, 0.2) is 34.1 Å². The van der Waals surface area contributed by atoms with E-state index in [2.05, 4.69) is 10.3 Å². The number of carbonyl (C=O) groups excluding carboxylic acids is 1. The molecule has 0 bridgehead atoms. The summed E-state index contributed by atoms with van der Waals surface area (Å²) in [6.07, 6.45) is 1.47. The van der Waals surface area contributed by atoms with Crippen molar-refractivity contribution in [2.45, 2.75) is 33.4 Å². The summed E-state index contributed by atoms with van der Waals surface area (Å²) in [6.45, 7) is 5.50. The van der Waals surface area contributed by atoms with Crippen LogP contribution in [0.3, 0.4) is 0 Å². The van der Waals surface area contributed by atoms with Crippen molar-refractivity contribution in [3.63, 3.8) is 0 Å². The number of aryl methyl sites for hydroxylation is 4. The number of nitrogens with one attached hydrogen (secondary N) is 1. The zero-order chi connectivity index (χ0) is 19.9. The van der Waals surface area contributed by atoms with E-state index in [1.807, 2.05) is 39.0 Å². The minimum absolute atomic E-state index is 0.239. The summed E-state index contributed by atoms with van der Waals surface area (Å²) in [5.41, 5.74) is 2.66. The van der Waals surface area contributed by atoms with E-state index in [1.165, 1.54) is 17.9 Å². The molecule has 8 heteroatoms. The van der Waals surface area contributed by atoms with Crippen molar-refractivity contribution in [2.24, 2.45) is 14.1 Å². The quantitative estimate of drug-likeness (QED) is 0.741. The highest BCUT2D eigenvalue weighted by Crippen LogP contribution is 2.18. The number of fused-ring (bicyclic) bond motifs is 1. The average Bonchev–Trinajstić information content (AvgIpc) is 3.00. The van der Waals surface area contributed by atoms with Gasteiger partial charge in [0.25, 0.3) is 5.56 Å². The van der Waals surface area contributed by atoms with Gasteiger partial charge >= 0.3 is 5.69 Å². The number of nitrogens with zero attached hydrogens (tertiary/aromatic N) is 4. The summed E-state index contributed by atoms with van der Waals surface area (Å²) in [4.78, 5) is 41.8. The molecule has 0 fully saturated rings. The van der Waals surface area contributed by atoms with Crippen molar-refractivity contribution >= 4 is 17.1 Å². The Hall–Kier alpha value is -3.16. The van der Waals surface area contributed by atoms with E-state index in [0.717, 1.165) is 21.3 Å². The molecule has 0 unspecified atom stereocenters. The summed E-state index contributed by atoms with van der Waals surface area (Å²) in [5, 5.41) is 2.87. The van der Waals surface area contributed by atoms with Crippen LogP contribution in [0, 0.1) is 13.8 Å². The Bertz CT molecular complexity index is 1150. The van der Waals surface area contributed by atoms with Gasteiger partial charge in [-0.3, -0.25) is 14.2 Å². The summed E-state index contributed by atoms with van der Waals surface area (Å²) in [6, 6.07) is 5.80. The van der Waals surface area contributed by atoms with Gasteiger partial charge in [0.1, 0.15) is 6.54 Å². The number of benzene rings is 1. The SMILES string of the molecule is Cc1ccc(C)c([C@H](C)NC(=O)Cn2c(=O)c3c(ncn3C)n(C)c2=O)c1. The molecule has 3 rings (SSSR count). The van der Waals surface area contributed by atoms with Gasteiger partial charge in [-0.25, -0.2) is 14.3 Å². The third kappa shape index (κ3) is 3.30. The smallest absolute Gasteiger partial charge is 0.332 e. The molecule has 0 aliphatic rings. The molecule has 1 amide bonds. The van der Waals surface area contributed by atoms with Crippen LogP contribution in [0.4, 0.5) is 0 Å². The minimum atomic E-state index is -0.569. The van der Waals surface area contributed by atoms with Gasteiger partial charge in [0.15, 0.2) is 11.2 Å². The largest absolute Gasteiger partial charge is 0.348 e. The molecule has 1 atom stereocenters. The lowest BCUT2D eigenvalue weighted by Gasteiger charge is -2.18. The van der Waals surface area contributed by atoms with Crippen LogP contribution in [0.25, 0.3) is 11.2 Å². The lowest BCUT2D eigenvalue weighted by Crippen LogP contribution is -2.44. The normalized spacial score (nSPS) is 12.3. The number of amides is 1. The van der Waals surface area contributed by atoms with Gasteiger partial charge in [-0.1, -0.05) is 23.8 Å². The zero-order valence-corrected chi connectivity index (χ0v) is 16.1. The van der Waals surface area contributed by atoms with Gasteiger partial charge < -0.3 is 9.88 Å². The maximum Gasteiger partial charge on any atom is 0.332 e. The van der Waals surface area contributed by atoms with Gasteiger partial charge in [-0.2, -0.15) is 0 Å². The first-order chi connectivity index (χ1) is 12.7. The Morgan fingerprint density at radius 1 is 1.22 bits per heavy atom. The van der Waals surface area contributed by atoms with E-state index in [0.29, 0.717) is 5.65 Å². The molecular formula is C19H23N5O3. The summed E-state index contributed by atoms with van der Waals surface area (Å²) in [5.74, 6) is -0.399. The number of hydrogen-bond acceptors (Lipinski definition) is 4. The van der Waals surface area contributed by atoms with Crippen molar-refractivity contribution in [2.75, 3.05) is 0 Å². The van der Waals surface area contributed by atoms with Crippen molar-refractivity contribution in [1.29, 1.82) is 0 Å². The number of hydrogen-bond donors (Lipinski definition) is 1. The van der Waals surface area contributed by atoms with E-state index in [9.17, 15) is 14.4 Å². The van der Waals surface area contributed by atoms with Crippen LogP contribution in [-0.4, -0.2) is 24.6 Å². The van der Waals surface area contributed by atoms with Crippen molar-refractivity contribution in [1.82, 2.24) is 24.0 Å². The Morgan fingerprint density at radius 3 is 2.63 bits per heavy atom. The molecule has 1 N–H and O–H groups in total. The average molecular weight is 369 g/mol. The highest BCUT2D eigenvalue weighted by atomic mass is 16.2. The molecule has 0 aliphatic heterocycles. The van der Waals surface area contributed by atoms with E-state index in [4.69, 9.17) is 0 Å². The highest BCUT2D eigenvalue weighted by molar-refractivity contribution is 5.77. The molecule has 3 aromatic rings. The van der Waals surface area contributed by atoms with Crippen LogP contribution < -0.4 is 16.6 Å². The molecule has 1 aromatic carbocycles. The highest BCUT2D eigenvalue weighted by Gasteiger charge is 2.18. The molecule has 8 nitrogen and oxygen atoms in total. The standard InChI is InChI=1S/C19H23N5O3/c1-11-6-7-12(2)14(8-11)13(3)21-15(25)9-24-18(26)16-17(20-10-22(16)4)23(5)19(24)27/h6-8,10,13H,9H2,1-5H3,(H,21,25)/t13-/m0/s1. The Balaban J connectivity index is 1.90. The molecule has 0 saturated heterocycles. The second kappa shape index (κ2) is 6.86. The van der Waals surface area contributed by atoms with Gasteiger partial charge in [0.05, 0.1) is 12.4 Å². The second-order valence-corrected chi connectivity index (χ2v) is 6.91. The molecule has 27 heavy (non-hydrogen) atoms. The molecule has 142 valence electrons. The van der Waals surface area contributed by atoms with Crippen LogP contribution in [0.2, 0.25) is 0 Å². The number of imidazole rings is 1. The summed E-state index contributed by atoms with van der Waals surface area (Å²) >= 11 is 0. The Labute approximate surface area is 156 Å². The first-order valence-electron chi connectivity index (χ1n) is 8.68. The zero-order valence-electron chi connectivity index (χ0n) is 16.1. The van der Waals surface area contributed by atoms with Crippen LogP contribution in [0.5, 0.6) is 0 Å². The van der Waals surface area contributed by atoms with Crippen molar-refractivity contribution < 1.29 is 4.79 Å². The minimum Gasteiger partial charge on any atom is -0.348 e. The first-order valence-corrected chi connectivity index (χ1v) is 8.68. The van der Waals surface area contributed by atoms with Gasteiger partial charge in [-0.05, 0) is 31.9 Å². The predicted octanol–water partition coefficient (Wildman–Crippen LogP) is 0.928. The van der Waals surface area contributed by atoms with E-state index >= 15 is 0 Å². The summed E-state index contributed by atoms with van der Waals surface area (Å²) < 4.78 is 3.76. The fourth-order valence-electron chi connectivity index (χ4n) is 3.27. The lowest BCUT2D eigenvalue weighted by atomic mass is 10.00. The van der Waals surface area contributed by atoms with Gasteiger partial charge in [0, 0.05) is 14.1 Å². The third-order valence-electron chi connectivity index (χ3n) is 4.78. The maximum absolute atomic E-state index is 12.7. The van der Waals surface area contributed by atoms with Crippen LogP contribution in [0.1, 0.15) is 29.7 Å². The number of aromatic nitrogens is 4. The predicted molar refractivity (Wildman–Crippen MR) is 103 cm³/mol. The molecule has 0 saturated carbocycles. The van der Waals surface area contributed by atoms with E-state index in [-0.39, 0.29) is 18.1 Å². The van der Waals surface area contributed by atoms with Crippen LogP contribution in [-0.2, 0) is 25.4 Å². The first kappa shape index (κ1) is 18.6. The molecular weight excluding hydrogens is 346 g/mol. The molecule has 2 heterocycles. The summed E-state index contributed by atoms with van der Waals surface area (Å²) in [7, 11) is 3.21. The molecule has 2 aromatic heterocycles. The fourth-order valence-corrected chi connectivity index (χ4v) is 3.27. The second-order valence-electron chi connectivity index (χ2n) is 6.91. The topological polar surface area (TPSA) is 90.9 Å². The maximum atomic E-state index is 12.7. The van der Waals surface area contributed by atoms with Gasteiger partial charge in [0.2, 0.25) is 5.91 Å². The lowest BCUT2D eigenvalue weighted by molar-refractivity contribution is -0.122.